The Labute approximate surface area is 274 Å². The number of aliphatic hydroxyl groups is 1. The highest BCUT2D eigenvalue weighted by Crippen LogP contribution is 2.44. The van der Waals surface area contributed by atoms with E-state index < -0.39 is 11.6 Å². The van der Waals surface area contributed by atoms with Crippen LogP contribution in [0.1, 0.15) is 34.8 Å². The number of carbonyl (C=O) groups is 1. The molecule has 2 atom stereocenters. The SMILES string of the molecule is [N-]=[N+]=Nc1ccccc1C[C@@]1(C(=O)NCCc2ccc(Cl)cc2)N=C(c2ccc(OCCCO)cc2)O[C@@H]1c1ccc(Br)cc1. The van der Waals surface area contributed by atoms with Gasteiger partial charge in [-0.15, -0.1) is 0 Å². The third-order valence-electron chi connectivity index (χ3n) is 7.42. The third kappa shape index (κ3) is 7.85. The Hall–Kier alpha value is -4.34. The quantitative estimate of drug-likeness (QED) is 0.0647. The second-order valence-corrected chi connectivity index (χ2v) is 11.8. The normalized spacial score (nSPS) is 17.1. The van der Waals surface area contributed by atoms with E-state index in [-0.39, 0.29) is 18.9 Å². The number of hydrogen-bond acceptors (Lipinski definition) is 6. The van der Waals surface area contributed by atoms with Gasteiger partial charge in [-0.25, -0.2) is 4.99 Å². The molecule has 0 aliphatic carbocycles. The average molecular weight is 689 g/mol. The van der Waals surface area contributed by atoms with Gasteiger partial charge in [0, 0.05) is 51.7 Å². The largest absolute Gasteiger partial charge is 0.494 e. The molecule has 0 saturated carbocycles. The molecule has 1 heterocycles. The molecule has 0 radical (unpaired) electrons. The number of aliphatic imine (C=N–C) groups is 1. The van der Waals surface area contributed by atoms with Gasteiger partial charge in [-0.2, -0.15) is 0 Å². The summed E-state index contributed by atoms with van der Waals surface area (Å²) in [4.78, 5) is 22.5. The van der Waals surface area contributed by atoms with Gasteiger partial charge in [0.15, 0.2) is 11.6 Å². The van der Waals surface area contributed by atoms with E-state index in [4.69, 9.17) is 31.2 Å². The number of rotatable bonds is 13. The van der Waals surface area contributed by atoms with Gasteiger partial charge in [0.2, 0.25) is 5.90 Å². The first-order valence-corrected chi connectivity index (χ1v) is 15.6. The molecule has 1 amide bonds. The highest BCUT2D eigenvalue weighted by atomic mass is 79.9. The lowest BCUT2D eigenvalue weighted by Gasteiger charge is -2.31. The maximum Gasteiger partial charge on any atom is 0.252 e. The minimum absolute atomic E-state index is 0.0484. The third-order valence-corrected chi connectivity index (χ3v) is 8.20. The van der Waals surface area contributed by atoms with Gasteiger partial charge < -0.3 is 19.9 Å². The summed E-state index contributed by atoms with van der Waals surface area (Å²) in [6, 6.07) is 29.5. The standard InChI is InChI=1S/C34H31BrClN5O4/c35-27-12-8-24(9-13-27)31-34(22-26-4-1-2-5-30(26)40-41-37,33(43)38-19-18-23-6-14-28(36)15-7-23)39-32(45-31)25-10-16-29(17-11-25)44-21-3-20-42/h1-2,4-17,31,42H,3,18-22H2,(H,38,43)/t31-,34-/m1/s1. The van der Waals surface area contributed by atoms with Crippen LogP contribution in [0.2, 0.25) is 5.02 Å². The number of hydrogen-bond donors (Lipinski definition) is 2. The molecule has 1 aliphatic heterocycles. The lowest BCUT2D eigenvalue weighted by molar-refractivity contribution is -0.128. The van der Waals surface area contributed by atoms with Crippen LogP contribution in [0.25, 0.3) is 10.4 Å². The average Bonchev–Trinajstić information content (AvgIpc) is 3.44. The van der Waals surface area contributed by atoms with Crippen LogP contribution in [-0.4, -0.2) is 42.2 Å². The van der Waals surface area contributed by atoms with E-state index in [1.54, 1.807) is 24.3 Å². The summed E-state index contributed by atoms with van der Waals surface area (Å²) in [5.41, 5.74) is 11.3. The minimum Gasteiger partial charge on any atom is -0.494 e. The summed E-state index contributed by atoms with van der Waals surface area (Å²) in [5.74, 6) is 0.628. The number of carbonyl (C=O) groups excluding carboxylic acids is 1. The van der Waals surface area contributed by atoms with Gasteiger partial charge in [0.25, 0.3) is 5.91 Å². The predicted molar refractivity (Wildman–Crippen MR) is 178 cm³/mol. The zero-order valence-electron chi connectivity index (χ0n) is 24.3. The van der Waals surface area contributed by atoms with Gasteiger partial charge >= 0.3 is 0 Å². The summed E-state index contributed by atoms with van der Waals surface area (Å²) in [5, 5.41) is 16.7. The fourth-order valence-corrected chi connectivity index (χ4v) is 5.53. The molecule has 9 nitrogen and oxygen atoms in total. The molecule has 0 spiro atoms. The fourth-order valence-electron chi connectivity index (χ4n) is 5.14. The van der Waals surface area contributed by atoms with Crippen molar-refractivity contribution < 1.29 is 19.4 Å². The zero-order valence-corrected chi connectivity index (χ0v) is 26.6. The monoisotopic (exact) mass is 687 g/mol. The predicted octanol–water partition coefficient (Wildman–Crippen LogP) is 7.66. The van der Waals surface area contributed by atoms with E-state index in [0.29, 0.717) is 59.5 Å². The zero-order chi connectivity index (χ0) is 31.6. The van der Waals surface area contributed by atoms with Crippen molar-refractivity contribution in [3.63, 3.8) is 0 Å². The number of azide groups is 1. The van der Waals surface area contributed by atoms with Crippen molar-refractivity contribution in [3.05, 3.63) is 139 Å². The molecular weight excluding hydrogens is 658 g/mol. The van der Waals surface area contributed by atoms with Gasteiger partial charge in [-0.3, -0.25) is 4.79 Å². The van der Waals surface area contributed by atoms with Crippen molar-refractivity contribution in [2.45, 2.75) is 30.9 Å². The van der Waals surface area contributed by atoms with Crippen LogP contribution in [0.5, 0.6) is 5.75 Å². The molecule has 0 fully saturated rings. The van der Waals surface area contributed by atoms with Crippen LogP contribution < -0.4 is 10.1 Å². The molecule has 4 aromatic carbocycles. The molecule has 1 aliphatic rings. The van der Waals surface area contributed by atoms with E-state index in [9.17, 15) is 10.3 Å². The van der Waals surface area contributed by atoms with E-state index in [0.717, 1.165) is 15.6 Å². The molecule has 0 bridgehead atoms. The van der Waals surface area contributed by atoms with Crippen LogP contribution in [0.4, 0.5) is 5.69 Å². The lowest BCUT2D eigenvalue weighted by Crippen LogP contribution is -2.50. The van der Waals surface area contributed by atoms with E-state index in [2.05, 4.69) is 31.3 Å². The number of aliphatic hydroxyl groups excluding tert-OH is 1. The maximum atomic E-state index is 14.4. The van der Waals surface area contributed by atoms with Crippen molar-refractivity contribution >= 4 is 45.0 Å². The number of halogens is 2. The molecule has 0 saturated heterocycles. The molecule has 0 unspecified atom stereocenters. The Kier molecular flexibility index (Phi) is 10.8. The summed E-state index contributed by atoms with van der Waals surface area (Å²) < 4.78 is 13.2. The summed E-state index contributed by atoms with van der Waals surface area (Å²) >= 11 is 9.55. The van der Waals surface area contributed by atoms with Crippen molar-refractivity contribution in [1.29, 1.82) is 0 Å². The van der Waals surface area contributed by atoms with Crippen LogP contribution in [0, 0.1) is 0 Å². The maximum absolute atomic E-state index is 14.4. The minimum atomic E-state index is -1.44. The fraction of sp³-hybridized carbons (Fsp3) is 0.235. The molecule has 4 aromatic rings. The van der Waals surface area contributed by atoms with Gasteiger partial charge in [0.05, 0.1) is 6.61 Å². The van der Waals surface area contributed by atoms with E-state index >= 15 is 0 Å². The highest BCUT2D eigenvalue weighted by Gasteiger charge is 2.53. The molecule has 45 heavy (non-hydrogen) atoms. The number of amides is 1. The molecule has 230 valence electrons. The molecule has 0 aromatic heterocycles. The summed E-state index contributed by atoms with van der Waals surface area (Å²) in [7, 11) is 0. The van der Waals surface area contributed by atoms with E-state index in [1.165, 1.54) is 0 Å². The van der Waals surface area contributed by atoms with Crippen LogP contribution >= 0.6 is 27.5 Å². The first-order valence-electron chi connectivity index (χ1n) is 14.4. The Balaban J connectivity index is 1.55. The number of benzene rings is 4. The number of nitrogens with one attached hydrogen (secondary N) is 1. The molecule has 11 heteroatoms. The van der Waals surface area contributed by atoms with Crippen molar-refractivity contribution in [2.24, 2.45) is 10.1 Å². The van der Waals surface area contributed by atoms with Gasteiger partial charge in [-0.1, -0.05) is 81.2 Å². The summed E-state index contributed by atoms with van der Waals surface area (Å²) in [6.07, 6.45) is 0.434. The van der Waals surface area contributed by atoms with Crippen LogP contribution in [-0.2, 0) is 22.4 Å². The lowest BCUT2D eigenvalue weighted by atomic mass is 9.81. The Morgan fingerprint density at radius 2 is 1.80 bits per heavy atom. The van der Waals surface area contributed by atoms with Gasteiger partial charge in [-0.05, 0) is 77.2 Å². The van der Waals surface area contributed by atoms with Crippen LogP contribution in [0.15, 0.2) is 112 Å². The van der Waals surface area contributed by atoms with E-state index in [1.807, 2.05) is 72.8 Å². The first-order chi connectivity index (χ1) is 21.9. The van der Waals surface area contributed by atoms with Crippen molar-refractivity contribution in [2.75, 3.05) is 19.8 Å². The highest BCUT2D eigenvalue weighted by molar-refractivity contribution is 9.10. The Morgan fingerprint density at radius 3 is 2.51 bits per heavy atom. The molecule has 2 N–H and O–H groups in total. The topological polar surface area (TPSA) is 129 Å². The smallest absolute Gasteiger partial charge is 0.252 e. The molecule has 5 rings (SSSR count). The Morgan fingerprint density at radius 1 is 1.07 bits per heavy atom. The molecular formula is C34H31BrClN5O4. The Bertz CT molecular complexity index is 1690. The van der Waals surface area contributed by atoms with Gasteiger partial charge in [0.1, 0.15) is 5.75 Å². The first kappa shape index (κ1) is 32.1. The summed E-state index contributed by atoms with van der Waals surface area (Å²) in [6.45, 7) is 0.799. The van der Waals surface area contributed by atoms with Crippen molar-refractivity contribution in [1.82, 2.24) is 5.32 Å². The van der Waals surface area contributed by atoms with Crippen molar-refractivity contribution in [3.8, 4) is 5.75 Å². The second-order valence-electron chi connectivity index (χ2n) is 10.5. The number of nitrogens with zero attached hydrogens (tertiary/aromatic N) is 4. The second kappa shape index (κ2) is 15.1. The van der Waals surface area contributed by atoms with Crippen LogP contribution in [0.3, 0.4) is 0 Å². The number of ether oxygens (including phenoxy) is 2.